The maximum atomic E-state index is 14.0. The number of aliphatic carboxylic acids is 1. The fourth-order valence-electron chi connectivity index (χ4n) is 4.89. The molecule has 0 fully saturated rings. The molecule has 1 aromatic heterocycles. The standard InChI is InChI=1S/C33H33FN2O4/c1-22(2)31-30(33(40)35-26-12-7-4-8-13-26)29(23-10-5-3-6-11-23)32(24-16-18-25(34)19-17-24)36(31)21-20-27(37)14-9-15-28(38)39/h3-14,16-19,22,27,37H,15,20-21H2,1-2H3,(H,35,40)(H,38,39)/b14-9+/t27-/m0/s1. The lowest BCUT2D eigenvalue weighted by atomic mass is 9.94. The third-order valence-electron chi connectivity index (χ3n) is 6.59. The first kappa shape index (κ1) is 28.5. The van der Waals surface area contributed by atoms with Crippen molar-refractivity contribution < 1.29 is 24.2 Å². The summed E-state index contributed by atoms with van der Waals surface area (Å²) in [7, 11) is 0. The Morgan fingerprint density at radius 3 is 2.15 bits per heavy atom. The van der Waals surface area contributed by atoms with Crippen molar-refractivity contribution in [2.24, 2.45) is 0 Å². The van der Waals surface area contributed by atoms with E-state index in [9.17, 15) is 19.1 Å². The molecular formula is C33H33FN2O4. The summed E-state index contributed by atoms with van der Waals surface area (Å²) in [5.74, 6) is -1.69. The first-order valence-electron chi connectivity index (χ1n) is 13.3. The number of hydrogen-bond donors (Lipinski definition) is 3. The number of carbonyl (C=O) groups excluding carboxylic acids is 1. The molecule has 7 heteroatoms. The van der Waals surface area contributed by atoms with Crippen LogP contribution in [0.1, 0.15) is 48.7 Å². The first-order chi connectivity index (χ1) is 19.3. The lowest BCUT2D eigenvalue weighted by molar-refractivity contribution is -0.136. The van der Waals surface area contributed by atoms with Crippen LogP contribution >= 0.6 is 0 Å². The summed E-state index contributed by atoms with van der Waals surface area (Å²) in [6.07, 6.45) is 2.13. The second kappa shape index (κ2) is 13.0. The molecule has 40 heavy (non-hydrogen) atoms. The Labute approximate surface area is 233 Å². The van der Waals surface area contributed by atoms with Crippen molar-refractivity contribution in [2.45, 2.75) is 45.3 Å². The lowest BCUT2D eigenvalue weighted by Crippen LogP contribution is -2.17. The average Bonchev–Trinajstić information content (AvgIpc) is 3.29. The van der Waals surface area contributed by atoms with Gasteiger partial charge in [0, 0.05) is 23.5 Å². The van der Waals surface area contributed by atoms with Gasteiger partial charge in [0.25, 0.3) is 5.91 Å². The number of carboxylic acids is 1. The van der Waals surface area contributed by atoms with Crippen molar-refractivity contribution in [2.75, 3.05) is 5.32 Å². The largest absolute Gasteiger partial charge is 0.481 e. The summed E-state index contributed by atoms with van der Waals surface area (Å²) in [4.78, 5) is 24.9. The minimum absolute atomic E-state index is 0.0760. The van der Waals surface area contributed by atoms with Crippen LogP contribution in [-0.4, -0.2) is 32.8 Å². The van der Waals surface area contributed by atoms with E-state index in [1.165, 1.54) is 24.3 Å². The molecule has 1 amide bonds. The second-order valence-corrected chi connectivity index (χ2v) is 9.87. The summed E-state index contributed by atoms with van der Waals surface area (Å²) in [6.45, 7) is 4.37. The van der Waals surface area contributed by atoms with E-state index in [4.69, 9.17) is 5.11 Å². The maximum Gasteiger partial charge on any atom is 0.307 e. The molecule has 3 N–H and O–H groups in total. The minimum Gasteiger partial charge on any atom is -0.481 e. The number of benzene rings is 3. The van der Waals surface area contributed by atoms with Crippen LogP contribution in [0.25, 0.3) is 22.4 Å². The number of nitrogens with zero attached hydrogens (tertiary/aromatic N) is 1. The molecule has 0 radical (unpaired) electrons. The molecule has 0 unspecified atom stereocenters. The Balaban J connectivity index is 1.92. The molecule has 0 saturated heterocycles. The third-order valence-corrected chi connectivity index (χ3v) is 6.59. The van der Waals surface area contributed by atoms with Gasteiger partial charge >= 0.3 is 5.97 Å². The fraction of sp³-hybridized carbons (Fsp3) is 0.212. The Morgan fingerprint density at radius 1 is 0.925 bits per heavy atom. The molecule has 0 saturated carbocycles. The minimum atomic E-state index is -0.976. The van der Waals surface area contributed by atoms with E-state index in [1.54, 1.807) is 12.1 Å². The molecule has 4 rings (SSSR count). The van der Waals surface area contributed by atoms with Crippen molar-refractivity contribution in [3.05, 3.63) is 114 Å². The third kappa shape index (κ3) is 6.74. The van der Waals surface area contributed by atoms with Gasteiger partial charge in [-0.3, -0.25) is 9.59 Å². The van der Waals surface area contributed by atoms with Crippen LogP contribution in [0.2, 0.25) is 0 Å². The summed E-state index contributed by atoms with van der Waals surface area (Å²) in [6, 6.07) is 25.0. The van der Waals surface area contributed by atoms with Crippen LogP contribution in [0, 0.1) is 5.82 Å². The predicted molar refractivity (Wildman–Crippen MR) is 156 cm³/mol. The number of para-hydroxylation sites is 1. The monoisotopic (exact) mass is 540 g/mol. The molecule has 0 spiro atoms. The number of anilines is 1. The summed E-state index contributed by atoms with van der Waals surface area (Å²) in [5, 5.41) is 22.6. The van der Waals surface area contributed by atoms with Crippen LogP contribution in [0.4, 0.5) is 10.1 Å². The number of aliphatic hydroxyl groups is 1. The van der Waals surface area contributed by atoms with Crippen LogP contribution in [0.5, 0.6) is 0 Å². The molecular weight excluding hydrogens is 507 g/mol. The zero-order valence-corrected chi connectivity index (χ0v) is 22.5. The molecule has 0 aliphatic heterocycles. The molecule has 4 aromatic rings. The number of carboxylic acid groups (broad SMARTS) is 1. The van der Waals surface area contributed by atoms with Crippen LogP contribution in [-0.2, 0) is 11.3 Å². The van der Waals surface area contributed by atoms with Gasteiger partial charge in [0.05, 0.1) is 23.8 Å². The van der Waals surface area contributed by atoms with Gasteiger partial charge in [0.2, 0.25) is 0 Å². The van der Waals surface area contributed by atoms with Gasteiger partial charge in [0.1, 0.15) is 5.82 Å². The number of halogens is 1. The van der Waals surface area contributed by atoms with E-state index in [2.05, 4.69) is 5.32 Å². The molecule has 206 valence electrons. The molecule has 1 atom stereocenters. The molecule has 0 bridgehead atoms. The van der Waals surface area contributed by atoms with Crippen molar-refractivity contribution in [1.82, 2.24) is 4.57 Å². The number of carbonyl (C=O) groups is 2. The van der Waals surface area contributed by atoms with Crippen LogP contribution in [0.3, 0.4) is 0 Å². The number of rotatable bonds is 11. The number of nitrogens with one attached hydrogen (secondary N) is 1. The summed E-state index contributed by atoms with van der Waals surface area (Å²) < 4.78 is 16.0. The van der Waals surface area contributed by atoms with E-state index >= 15 is 0 Å². The Hall–Kier alpha value is -4.49. The van der Waals surface area contributed by atoms with Crippen LogP contribution < -0.4 is 5.32 Å². The number of amides is 1. The first-order valence-corrected chi connectivity index (χ1v) is 13.3. The van der Waals surface area contributed by atoms with Crippen molar-refractivity contribution in [3.63, 3.8) is 0 Å². The summed E-state index contributed by atoms with van der Waals surface area (Å²) in [5.41, 5.74) is 5.00. The van der Waals surface area contributed by atoms with Gasteiger partial charge in [-0.2, -0.15) is 0 Å². The molecule has 0 aliphatic rings. The topological polar surface area (TPSA) is 91.6 Å². The Bertz CT molecular complexity index is 1480. The summed E-state index contributed by atoms with van der Waals surface area (Å²) >= 11 is 0. The zero-order chi connectivity index (χ0) is 28.6. The van der Waals surface area contributed by atoms with E-state index in [0.29, 0.717) is 17.8 Å². The van der Waals surface area contributed by atoms with Gasteiger partial charge in [-0.15, -0.1) is 0 Å². The normalized spacial score (nSPS) is 12.1. The highest BCUT2D eigenvalue weighted by molar-refractivity contribution is 6.12. The highest BCUT2D eigenvalue weighted by atomic mass is 19.1. The molecule has 6 nitrogen and oxygen atoms in total. The van der Waals surface area contributed by atoms with Crippen molar-refractivity contribution in [3.8, 4) is 22.4 Å². The van der Waals surface area contributed by atoms with Gasteiger partial charge in [-0.05, 0) is 59.9 Å². The number of hydrogen-bond acceptors (Lipinski definition) is 3. The molecule has 0 aliphatic carbocycles. The number of aliphatic hydroxyl groups excluding tert-OH is 1. The highest BCUT2D eigenvalue weighted by Crippen LogP contribution is 2.42. The molecule has 1 heterocycles. The van der Waals surface area contributed by atoms with Gasteiger partial charge in [0.15, 0.2) is 0 Å². The predicted octanol–water partition coefficient (Wildman–Crippen LogP) is 7.12. The van der Waals surface area contributed by atoms with Gasteiger partial charge in [-0.25, -0.2) is 4.39 Å². The number of aromatic nitrogens is 1. The van der Waals surface area contributed by atoms with E-state index < -0.39 is 12.1 Å². The SMILES string of the molecule is CC(C)c1c(C(=O)Nc2ccccc2)c(-c2ccccc2)c(-c2ccc(F)cc2)n1CC[C@@H](O)/C=C/CC(=O)O. The molecule has 3 aromatic carbocycles. The van der Waals surface area contributed by atoms with Gasteiger partial charge < -0.3 is 20.1 Å². The quantitative estimate of drug-likeness (QED) is 0.177. The smallest absolute Gasteiger partial charge is 0.307 e. The maximum absolute atomic E-state index is 14.0. The average molecular weight is 541 g/mol. The Morgan fingerprint density at radius 2 is 1.55 bits per heavy atom. The van der Waals surface area contributed by atoms with Gasteiger partial charge in [-0.1, -0.05) is 74.5 Å². The van der Waals surface area contributed by atoms with Crippen molar-refractivity contribution in [1.29, 1.82) is 0 Å². The van der Waals surface area contributed by atoms with E-state index in [0.717, 1.165) is 28.1 Å². The van der Waals surface area contributed by atoms with Crippen LogP contribution in [0.15, 0.2) is 97.1 Å². The highest BCUT2D eigenvalue weighted by Gasteiger charge is 2.30. The van der Waals surface area contributed by atoms with E-state index in [1.807, 2.05) is 79.1 Å². The second-order valence-electron chi connectivity index (χ2n) is 9.87. The lowest BCUT2D eigenvalue weighted by Gasteiger charge is -2.18. The zero-order valence-electron chi connectivity index (χ0n) is 22.5. The van der Waals surface area contributed by atoms with Crippen molar-refractivity contribution >= 4 is 17.6 Å². The Kier molecular flexibility index (Phi) is 9.30. The fourth-order valence-corrected chi connectivity index (χ4v) is 4.89. The van der Waals surface area contributed by atoms with E-state index in [-0.39, 0.29) is 30.5 Å².